The minimum atomic E-state index is -4.93. The molecule has 0 aromatic rings. The van der Waals surface area contributed by atoms with E-state index in [2.05, 4.69) is 0 Å². The van der Waals surface area contributed by atoms with Crippen molar-refractivity contribution in [3.8, 4) is 0 Å². The maximum absolute atomic E-state index is 14.7. The van der Waals surface area contributed by atoms with Gasteiger partial charge >= 0.3 is 12.2 Å². The van der Waals surface area contributed by atoms with Crippen molar-refractivity contribution in [1.82, 2.24) is 0 Å². The van der Waals surface area contributed by atoms with Crippen LogP contribution in [0.5, 0.6) is 0 Å². The molecule has 0 saturated carbocycles. The molecule has 0 rings (SSSR count). The summed E-state index contributed by atoms with van der Waals surface area (Å²) in [5.74, 6) is 0. The number of rotatable bonds is 12. The molecule has 0 fully saturated rings. The Balaban J connectivity index is 5.52. The first-order chi connectivity index (χ1) is 10.6. The number of hydrogen-bond acceptors (Lipinski definition) is 0. The molecule has 0 spiro atoms. The van der Waals surface area contributed by atoms with Gasteiger partial charge in [-0.05, 0) is 19.3 Å². The number of halogens is 6. The topological polar surface area (TPSA) is 0 Å². The Kier molecular flexibility index (Phi) is 9.55. The first-order valence-corrected chi connectivity index (χ1v) is 8.51. The molecule has 0 radical (unpaired) electrons. The zero-order valence-electron chi connectivity index (χ0n) is 14.4. The number of unbranched alkanes of at least 4 members (excludes halogenated alkanes) is 3. The van der Waals surface area contributed by atoms with Crippen LogP contribution in [0.4, 0.5) is 26.3 Å². The minimum Gasteiger partial charge on any atom is -0.260 e. The molecule has 0 aliphatic rings. The normalized spacial score (nSPS) is 15.0. The van der Waals surface area contributed by atoms with Crippen LogP contribution in [-0.2, 0) is 0 Å². The van der Waals surface area contributed by atoms with Gasteiger partial charge < -0.3 is 0 Å². The Bertz CT molecular complexity index is 294. The van der Waals surface area contributed by atoms with Crippen LogP contribution in [-0.4, -0.2) is 42.5 Å². The van der Waals surface area contributed by atoms with Crippen LogP contribution in [0.3, 0.4) is 0 Å². The molecule has 0 aliphatic carbocycles. The van der Waals surface area contributed by atoms with Gasteiger partial charge in [0.1, 0.15) is 0 Å². The lowest BCUT2D eigenvalue weighted by Gasteiger charge is -2.45. The van der Waals surface area contributed by atoms with Crippen molar-refractivity contribution in [2.24, 2.45) is 0 Å². The first-order valence-electron chi connectivity index (χ1n) is 8.51. The summed E-state index contributed by atoms with van der Waals surface area (Å²) >= 11 is 0. The number of quaternary nitrogens is 1. The van der Waals surface area contributed by atoms with Gasteiger partial charge in [0.2, 0.25) is 6.17 Å². The lowest BCUT2D eigenvalue weighted by Crippen LogP contribution is -2.65. The van der Waals surface area contributed by atoms with Gasteiger partial charge in [-0.25, -0.2) is 4.39 Å². The monoisotopic (exact) mass is 350 g/mol. The highest BCUT2D eigenvalue weighted by molar-refractivity contribution is 4.74. The van der Waals surface area contributed by atoms with Crippen molar-refractivity contribution in [2.75, 3.05) is 19.6 Å². The van der Waals surface area contributed by atoms with Crippen LogP contribution >= 0.6 is 0 Å². The zero-order valence-corrected chi connectivity index (χ0v) is 14.4. The number of nitrogens with zero attached hydrogens (tertiary/aromatic N) is 1. The fourth-order valence-electron chi connectivity index (χ4n) is 2.79. The Morgan fingerprint density at radius 2 is 1.09 bits per heavy atom. The first kappa shape index (κ1) is 22.5. The molecular formula is C16H30F6N+. The van der Waals surface area contributed by atoms with Crippen LogP contribution in [0.2, 0.25) is 0 Å². The van der Waals surface area contributed by atoms with Gasteiger partial charge in [-0.2, -0.15) is 13.2 Å². The standard InChI is InChI=1S/C16H30F6N/c1-4-7-10-23(11-8-5-2,12-9-6-3)16(21,22)14(17)13-15(18,19)20/h14H,4-13H2,1-3H3/q+1. The summed E-state index contributed by atoms with van der Waals surface area (Å²) < 4.78 is 79.8. The molecule has 0 amide bonds. The summed E-state index contributed by atoms with van der Waals surface area (Å²) in [6, 6.07) is -4.02. The van der Waals surface area contributed by atoms with Crippen molar-refractivity contribution >= 4 is 0 Å². The van der Waals surface area contributed by atoms with Gasteiger partial charge in [-0.1, -0.05) is 40.0 Å². The van der Waals surface area contributed by atoms with Crippen LogP contribution in [0.15, 0.2) is 0 Å². The van der Waals surface area contributed by atoms with Crippen molar-refractivity contribution in [2.45, 2.75) is 84.1 Å². The minimum absolute atomic E-state index is 0.0157. The highest BCUT2D eigenvalue weighted by atomic mass is 19.4. The van der Waals surface area contributed by atoms with Crippen molar-refractivity contribution in [1.29, 1.82) is 0 Å². The van der Waals surface area contributed by atoms with Crippen molar-refractivity contribution in [3.63, 3.8) is 0 Å². The second-order valence-corrected chi connectivity index (χ2v) is 6.25. The van der Waals surface area contributed by atoms with Gasteiger partial charge in [-0.3, -0.25) is 4.48 Å². The predicted molar refractivity (Wildman–Crippen MR) is 80.1 cm³/mol. The molecule has 1 unspecified atom stereocenters. The fraction of sp³-hybridized carbons (Fsp3) is 1.00. The highest BCUT2D eigenvalue weighted by Gasteiger charge is 2.60. The van der Waals surface area contributed by atoms with E-state index in [9.17, 15) is 26.3 Å². The Morgan fingerprint density at radius 3 is 1.35 bits per heavy atom. The molecule has 0 aromatic carbocycles. The van der Waals surface area contributed by atoms with E-state index in [1.807, 2.05) is 20.8 Å². The summed E-state index contributed by atoms with van der Waals surface area (Å²) in [4.78, 5) is 0. The molecule has 0 bridgehead atoms. The van der Waals surface area contributed by atoms with Crippen LogP contribution in [0, 0.1) is 0 Å². The molecule has 0 saturated heterocycles. The molecule has 23 heavy (non-hydrogen) atoms. The molecule has 7 heteroatoms. The Labute approximate surface area is 135 Å². The van der Waals surface area contributed by atoms with Crippen LogP contribution in [0.25, 0.3) is 0 Å². The Hall–Kier alpha value is -0.460. The van der Waals surface area contributed by atoms with Gasteiger partial charge in [0.25, 0.3) is 0 Å². The summed E-state index contributed by atoms with van der Waals surface area (Å²) in [7, 11) is 0. The molecule has 1 atom stereocenters. The van der Waals surface area contributed by atoms with E-state index in [0.29, 0.717) is 38.5 Å². The van der Waals surface area contributed by atoms with E-state index >= 15 is 0 Å². The molecule has 0 aromatic heterocycles. The quantitative estimate of drug-likeness (QED) is 0.227. The van der Waals surface area contributed by atoms with Crippen LogP contribution < -0.4 is 0 Å². The third-order valence-corrected chi connectivity index (χ3v) is 4.24. The number of hydrogen-bond donors (Lipinski definition) is 0. The van der Waals surface area contributed by atoms with E-state index in [4.69, 9.17) is 0 Å². The molecule has 1 nitrogen and oxygen atoms in total. The predicted octanol–water partition coefficient (Wildman–Crippen LogP) is 6.09. The third-order valence-electron chi connectivity index (χ3n) is 4.24. The molecule has 0 aliphatic heterocycles. The smallest absolute Gasteiger partial charge is 0.260 e. The zero-order chi connectivity index (χ0) is 18.1. The molecule has 0 N–H and O–H groups in total. The van der Waals surface area contributed by atoms with Crippen molar-refractivity contribution < 1.29 is 30.8 Å². The van der Waals surface area contributed by atoms with Gasteiger partial charge in [0, 0.05) is 0 Å². The van der Waals surface area contributed by atoms with Crippen LogP contribution in [0.1, 0.15) is 65.7 Å². The molecule has 140 valence electrons. The van der Waals surface area contributed by atoms with Gasteiger partial charge in [0.15, 0.2) is 0 Å². The summed E-state index contributed by atoms with van der Waals surface area (Å²) in [6.07, 6.45) is -6.96. The van der Waals surface area contributed by atoms with Gasteiger partial charge in [-0.15, -0.1) is 8.78 Å². The largest absolute Gasteiger partial charge is 0.422 e. The SMILES string of the molecule is CCCC[N+](CCCC)(CCCC)C(F)(F)C(F)CC(F)(F)F. The molecule has 0 heterocycles. The number of alkyl halides is 6. The summed E-state index contributed by atoms with van der Waals surface area (Å²) in [6.45, 7) is 5.53. The van der Waals surface area contributed by atoms with E-state index in [0.717, 1.165) is 0 Å². The maximum atomic E-state index is 14.7. The maximum Gasteiger partial charge on any atom is 0.422 e. The van der Waals surface area contributed by atoms with Crippen molar-refractivity contribution in [3.05, 3.63) is 0 Å². The summed E-state index contributed by atoms with van der Waals surface area (Å²) in [5, 5.41) is 0. The average molecular weight is 350 g/mol. The molecular weight excluding hydrogens is 320 g/mol. The van der Waals surface area contributed by atoms with E-state index in [1.165, 1.54) is 0 Å². The second kappa shape index (κ2) is 9.74. The third kappa shape index (κ3) is 6.89. The highest BCUT2D eigenvalue weighted by Crippen LogP contribution is 2.40. The van der Waals surface area contributed by atoms with E-state index in [-0.39, 0.29) is 19.6 Å². The van der Waals surface area contributed by atoms with E-state index in [1.54, 1.807) is 0 Å². The fourth-order valence-corrected chi connectivity index (χ4v) is 2.79. The lowest BCUT2D eigenvalue weighted by atomic mass is 10.1. The lowest BCUT2D eigenvalue weighted by molar-refractivity contribution is -1.01. The van der Waals surface area contributed by atoms with E-state index < -0.39 is 29.3 Å². The second-order valence-electron chi connectivity index (χ2n) is 6.25. The van der Waals surface area contributed by atoms with Gasteiger partial charge in [0.05, 0.1) is 26.1 Å². The average Bonchev–Trinajstić information content (AvgIpc) is 2.44. The summed E-state index contributed by atoms with van der Waals surface area (Å²) in [5.41, 5.74) is 0. The Morgan fingerprint density at radius 1 is 0.739 bits per heavy atom.